The van der Waals surface area contributed by atoms with Crippen LogP contribution in [-0.4, -0.2) is 72.3 Å². The van der Waals surface area contributed by atoms with Crippen LogP contribution in [0.2, 0.25) is 0 Å². The minimum Gasteiger partial charge on any atom is -0.340 e. The molecular weight excluding hydrogens is 424 g/mol. The van der Waals surface area contributed by atoms with Crippen molar-refractivity contribution in [2.75, 3.05) is 43.4 Å². The summed E-state index contributed by atoms with van der Waals surface area (Å²) in [5, 5.41) is 9.16. The van der Waals surface area contributed by atoms with Crippen molar-refractivity contribution in [3.63, 3.8) is 0 Å². The van der Waals surface area contributed by atoms with Gasteiger partial charge in [-0.2, -0.15) is 4.98 Å². The molecule has 0 radical (unpaired) electrons. The number of rotatable bonds is 6. The maximum absolute atomic E-state index is 13.0. The highest BCUT2D eigenvalue weighted by Gasteiger charge is 2.25. The number of likely N-dealkylation sites (N-methyl/N-ethyl adjacent to an activating group) is 1. The van der Waals surface area contributed by atoms with Gasteiger partial charge in [0.1, 0.15) is 5.01 Å². The molecule has 3 aromatic heterocycles. The van der Waals surface area contributed by atoms with Crippen molar-refractivity contribution in [1.29, 1.82) is 0 Å². The van der Waals surface area contributed by atoms with Crippen molar-refractivity contribution in [1.82, 2.24) is 33.8 Å². The molecule has 0 amide bonds. The predicted molar refractivity (Wildman–Crippen MR) is 120 cm³/mol. The zero-order valence-corrected chi connectivity index (χ0v) is 19.3. The van der Waals surface area contributed by atoms with Crippen molar-refractivity contribution in [2.24, 2.45) is 14.1 Å². The number of piperazine rings is 1. The van der Waals surface area contributed by atoms with Gasteiger partial charge in [0.15, 0.2) is 15.5 Å². The molecule has 0 saturated carbocycles. The van der Waals surface area contributed by atoms with Gasteiger partial charge in [-0.05, 0) is 13.5 Å². The minimum atomic E-state index is -0.363. The van der Waals surface area contributed by atoms with Gasteiger partial charge in [0, 0.05) is 52.6 Å². The lowest BCUT2D eigenvalue weighted by Gasteiger charge is -2.34. The average Bonchev–Trinajstić information content (AvgIpc) is 3.34. The lowest BCUT2D eigenvalue weighted by atomic mass is 10.3. The second kappa shape index (κ2) is 8.52. The van der Waals surface area contributed by atoms with Gasteiger partial charge < -0.3 is 14.4 Å². The Labute approximate surface area is 182 Å². The number of imidazole rings is 1. The molecule has 0 spiro atoms. The van der Waals surface area contributed by atoms with E-state index in [4.69, 9.17) is 4.98 Å². The van der Waals surface area contributed by atoms with Crippen LogP contribution in [0.3, 0.4) is 0 Å². The van der Waals surface area contributed by atoms with Crippen LogP contribution >= 0.6 is 23.1 Å². The van der Waals surface area contributed by atoms with E-state index in [2.05, 4.69) is 26.9 Å². The molecule has 162 valence electrons. The first-order valence-electron chi connectivity index (χ1n) is 9.97. The molecule has 1 fully saturated rings. The molecule has 0 bridgehead atoms. The Balaban J connectivity index is 1.72. The summed E-state index contributed by atoms with van der Waals surface area (Å²) in [6.45, 7) is 9.31. The van der Waals surface area contributed by atoms with Gasteiger partial charge in [0.05, 0.1) is 0 Å². The molecule has 1 saturated heterocycles. The number of fused-ring (bicyclic) bond motifs is 1. The Morgan fingerprint density at radius 1 is 1.07 bits per heavy atom. The monoisotopic (exact) mass is 450 g/mol. The summed E-state index contributed by atoms with van der Waals surface area (Å²) in [5.41, 5.74) is 0.239. The van der Waals surface area contributed by atoms with Gasteiger partial charge in [0.25, 0.3) is 5.56 Å². The maximum atomic E-state index is 13.0. The van der Waals surface area contributed by atoms with E-state index in [0.29, 0.717) is 17.7 Å². The van der Waals surface area contributed by atoms with E-state index >= 15 is 0 Å². The highest BCUT2D eigenvalue weighted by molar-refractivity contribution is 8.01. The molecule has 4 rings (SSSR count). The Morgan fingerprint density at radius 2 is 1.80 bits per heavy atom. The Kier molecular flexibility index (Phi) is 5.98. The van der Waals surface area contributed by atoms with Gasteiger partial charge in [-0.3, -0.25) is 13.9 Å². The second-order valence-electron chi connectivity index (χ2n) is 7.30. The van der Waals surface area contributed by atoms with E-state index in [9.17, 15) is 9.59 Å². The van der Waals surface area contributed by atoms with E-state index in [1.165, 1.54) is 11.6 Å². The standard InChI is InChI=1S/C18H26N8O2S2/c1-5-24-6-8-25(9-7-24)16-19-14-13(15(27)23(4)18(28)22(14)3)26(16)10-11-29-17-21-20-12(2)30-17/h5-11H2,1-4H3. The number of hydrogen-bond acceptors (Lipinski definition) is 9. The summed E-state index contributed by atoms with van der Waals surface area (Å²) in [7, 11) is 3.18. The topological polar surface area (TPSA) is 94.1 Å². The summed E-state index contributed by atoms with van der Waals surface area (Å²) in [6, 6.07) is 0. The third-order valence-corrected chi connectivity index (χ3v) is 7.43. The number of aromatic nitrogens is 6. The fourth-order valence-corrected chi connectivity index (χ4v) is 5.52. The lowest BCUT2D eigenvalue weighted by molar-refractivity contribution is 0.269. The predicted octanol–water partition coefficient (Wildman–Crippen LogP) is 0.528. The quantitative estimate of drug-likeness (QED) is 0.502. The smallest absolute Gasteiger partial charge is 0.332 e. The molecule has 10 nitrogen and oxygen atoms in total. The third kappa shape index (κ3) is 3.79. The molecular formula is C18H26N8O2S2. The molecule has 0 aromatic carbocycles. The number of thioether (sulfide) groups is 1. The van der Waals surface area contributed by atoms with Crippen molar-refractivity contribution in [3.05, 3.63) is 25.8 Å². The van der Waals surface area contributed by atoms with E-state index < -0.39 is 0 Å². The van der Waals surface area contributed by atoms with E-state index in [-0.39, 0.29) is 11.2 Å². The molecule has 4 heterocycles. The largest absolute Gasteiger partial charge is 0.340 e. The molecule has 1 aliphatic heterocycles. The molecule has 1 aliphatic rings. The summed E-state index contributed by atoms with van der Waals surface area (Å²) in [6.07, 6.45) is 0. The number of anilines is 1. The second-order valence-corrected chi connectivity index (χ2v) is 9.82. The zero-order chi connectivity index (χ0) is 21.4. The van der Waals surface area contributed by atoms with Gasteiger partial charge in [-0.1, -0.05) is 30.0 Å². The van der Waals surface area contributed by atoms with Crippen molar-refractivity contribution >= 4 is 40.2 Å². The molecule has 0 aliphatic carbocycles. The Morgan fingerprint density at radius 3 is 2.43 bits per heavy atom. The van der Waals surface area contributed by atoms with Crippen LogP contribution in [0.15, 0.2) is 13.9 Å². The molecule has 3 aromatic rings. The van der Waals surface area contributed by atoms with Gasteiger partial charge >= 0.3 is 5.69 Å². The normalized spacial score (nSPS) is 15.4. The van der Waals surface area contributed by atoms with Crippen LogP contribution in [0.25, 0.3) is 11.2 Å². The number of nitrogens with zero attached hydrogens (tertiary/aromatic N) is 8. The highest BCUT2D eigenvalue weighted by Crippen LogP contribution is 2.25. The van der Waals surface area contributed by atoms with E-state index in [1.54, 1.807) is 30.1 Å². The molecule has 0 atom stereocenters. The number of hydrogen-bond donors (Lipinski definition) is 0. The minimum absolute atomic E-state index is 0.309. The first-order chi connectivity index (χ1) is 14.4. The Bertz CT molecular complexity index is 1170. The average molecular weight is 451 g/mol. The van der Waals surface area contributed by atoms with Crippen LogP contribution in [0.1, 0.15) is 11.9 Å². The lowest BCUT2D eigenvalue weighted by Crippen LogP contribution is -2.47. The van der Waals surface area contributed by atoms with Crippen LogP contribution in [0, 0.1) is 6.92 Å². The van der Waals surface area contributed by atoms with Crippen LogP contribution < -0.4 is 16.1 Å². The van der Waals surface area contributed by atoms with Crippen LogP contribution in [-0.2, 0) is 20.6 Å². The van der Waals surface area contributed by atoms with Gasteiger partial charge in [-0.15, -0.1) is 10.2 Å². The van der Waals surface area contributed by atoms with Gasteiger partial charge in [0.2, 0.25) is 5.95 Å². The fraction of sp³-hybridized carbons (Fsp3) is 0.611. The molecule has 12 heteroatoms. The van der Waals surface area contributed by atoms with Crippen LogP contribution in [0.4, 0.5) is 5.95 Å². The molecule has 0 N–H and O–H groups in total. The molecule has 0 unspecified atom stereocenters. The summed E-state index contributed by atoms with van der Waals surface area (Å²) >= 11 is 3.18. The third-order valence-electron chi connectivity index (χ3n) is 5.48. The number of aryl methyl sites for hydroxylation is 3. The van der Waals surface area contributed by atoms with E-state index in [1.807, 2.05) is 11.5 Å². The molecule has 30 heavy (non-hydrogen) atoms. The first-order valence-corrected chi connectivity index (χ1v) is 11.8. The van der Waals surface area contributed by atoms with Crippen molar-refractivity contribution in [2.45, 2.75) is 24.7 Å². The van der Waals surface area contributed by atoms with Gasteiger partial charge in [-0.25, -0.2) is 4.79 Å². The summed E-state index contributed by atoms with van der Waals surface area (Å²) in [4.78, 5) is 34.8. The van der Waals surface area contributed by atoms with Crippen LogP contribution in [0.5, 0.6) is 0 Å². The Hall–Kier alpha value is -2.18. The maximum Gasteiger partial charge on any atom is 0.332 e. The summed E-state index contributed by atoms with van der Waals surface area (Å²) < 4.78 is 5.50. The first kappa shape index (κ1) is 21.1. The highest BCUT2D eigenvalue weighted by atomic mass is 32.2. The zero-order valence-electron chi connectivity index (χ0n) is 17.7. The van der Waals surface area contributed by atoms with Crippen molar-refractivity contribution in [3.8, 4) is 0 Å². The van der Waals surface area contributed by atoms with Crippen molar-refractivity contribution < 1.29 is 0 Å². The fourth-order valence-electron chi connectivity index (χ4n) is 3.71. The summed E-state index contributed by atoms with van der Waals surface area (Å²) in [5.74, 6) is 1.49. The SMILES string of the molecule is CCN1CCN(c2nc3c(c(=O)n(C)c(=O)n3C)n2CCSc2nnc(C)s2)CC1. The van der Waals surface area contributed by atoms with E-state index in [0.717, 1.165) is 58.3 Å².